The molecule has 2 aliphatic rings. The van der Waals surface area contributed by atoms with Crippen LogP contribution in [0.5, 0.6) is 0 Å². The van der Waals surface area contributed by atoms with Crippen LogP contribution in [0.25, 0.3) is 0 Å². The van der Waals surface area contributed by atoms with E-state index in [9.17, 15) is 0 Å². The molecule has 2 rings (SSSR count). The van der Waals surface area contributed by atoms with E-state index >= 15 is 0 Å². The molecule has 2 saturated heterocycles. The summed E-state index contributed by atoms with van der Waals surface area (Å²) in [4.78, 5) is 0. The van der Waals surface area contributed by atoms with Gasteiger partial charge in [0.25, 0.3) is 0 Å². The number of hydrogen-bond acceptors (Lipinski definition) is 4. The van der Waals surface area contributed by atoms with Crippen molar-refractivity contribution < 1.29 is 31.4 Å². The number of rotatable bonds is 0. The first-order valence-electron chi connectivity index (χ1n) is 2.97. The Bertz CT molecular complexity index is 87.6. The summed E-state index contributed by atoms with van der Waals surface area (Å²) in [5.41, 5.74) is 0. The molecule has 0 aromatic heterocycles. The summed E-state index contributed by atoms with van der Waals surface area (Å²) in [5.74, 6) is 0. The predicted octanol–water partition coefficient (Wildman–Crippen LogP) is -0.106. The maximum atomic E-state index is 5.22. The van der Waals surface area contributed by atoms with Crippen LogP contribution >= 0.6 is 0 Å². The topological polar surface area (TPSA) is 36.9 Å². The zero-order chi connectivity index (χ0) is 6.16. The molecule has 0 bridgehead atoms. The Kier molecular flexibility index (Phi) is 1.61. The summed E-state index contributed by atoms with van der Waals surface area (Å²) in [6.45, 7) is 2.56. The van der Waals surface area contributed by atoms with Gasteiger partial charge in [-0.1, -0.05) is 0 Å². The Hall–Kier alpha value is 0.554. The fraction of sp³-hybridized carbons (Fsp3) is 1.00. The van der Waals surface area contributed by atoms with Crippen LogP contribution in [-0.4, -0.2) is 26.4 Å². The summed E-state index contributed by atoms with van der Waals surface area (Å²) in [7, 11) is 0. The van der Waals surface area contributed by atoms with Gasteiger partial charge in [0.1, 0.15) is 0 Å². The predicted molar refractivity (Wildman–Crippen MR) is 23.8 cm³/mol. The maximum absolute atomic E-state index is 5.22. The Balaban J connectivity index is 2.04. The van der Waals surface area contributed by atoms with Gasteiger partial charge in [-0.15, -0.1) is 0 Å². The Labute approximate surface area is 58.3 Å². The summed E-state index contributed by atoms with van der Waals surface area (Å²) >= 11 is -2.94. The van der Waals surface area contributed by atoms with Crippen molar-refractivity contribution >= 4 is 0 Å². The third kappa shape index (κ3) is 1.07. The van der Waals surface area contributed by atoms with Gasteiger partial charge in [-0.25, -0.2) is 0 Å². The summed E-state index contributed by atoms with van der Waals surface area (Å²) in [6.07, 6.45) is 0. The van der Waals surface area contributed by atoms with Crippen LogP contribution in [-0.2, 0) is 31.4 Å². The van der Waals surface area contributed by atoms with Crippen LogP contribution in [0.4, 0.5) is 0 Å². The van der Waals surface area contributed by atoms with Crippen LogP contribution < -0.4 is 0 Å². The van der Waals surface area contributed by atoms with E-state index in [1.807, 2.05) is 0 Å². The summed E-state index contributed by atoms with van der Waals surface area (Å²) < 4.78 is 20.9. The van der Waals surface area contributed by atoms with E-state index in [1.54, 1.807) is 0 Å². The van der Waals surface area contributed by atoms with Crippen molar-refractivity contribution in [1.29, 1.82) is 0 Å². The van der Waals surface area contributed by atoms with Crippen LogP contribution in [0, 0.1) is 0 Å². The molecule has 0 N–H and O–H groups in total. The van der Waals surface area contributed by atoms with Gasteiger partial charge in [-0.05, 0) is 0 Å². The van der Waals surface area contributed by atoms with Gasteiger partial charge in [-0.2, -0.15) is 0 Å². The zero-order valence-corrected chi connectivity index (χ0v) is 6.52. The van der Waals surface area contributed by atoms with Crippen molar-refractivity contribution in [3.63, 3.8) is 0 Å². The standard InChI is InChI=1S/2C2H4O2.Ti/c2*3-1-2-4;/h2*1-2H2;/q2*-2;+4. The molecule has 0 aromatic carbocycles. The fourth-order valence-corrected chi connectivity index (χ4v) is 3.78. The van der Waals surface area contributed by atoms with Crippen molar-refractivity contribution in [1.82, 2.24) is 0 Å². The van der Waals surface area contributed by atoms with Gasteiger partial charge in [0.2, 0.25) is 0 Å². The van der Waals surface area contributed by atoms with Crippen LogP contribution in [0.15, 0.2) is 0 Å². The third-order valence-electron chi connectivity index (χ3n) is 1.28. The van der Waals surface area contributed by atoms with Crippen molar-refractivity contribution in [3.8, 4) is 0 Å². The molecule has 0 aromatic rings. The molecule has 0 saturated carbocycles. The average Bonchev–Trinajstić information content (AvgIpc) is 2.45. The zero-order valence-electron chi connectivity index (χ0n) is 4.96. The minimum absolute atomic E-state index is 0.639. The van der Waals surface area contributed by atoms with Gasteiger partial charge in [0, 0.05) is 0 Å². The quantitative estimate of drug-likeness (QED) is 0.473. The average molecular weight is 168 g/mol. The molecule has 5 heteroatoms. The molecule has 0 atom stereocenters. The number of hydrogen-bond donors (Lipinski definition) is 0. The fourth-order valence-electron chi connectivity index (χ4n) is 0.917. The first-order valence-corrected chi connectivity index (χ1v) is 5.52. The molecular weight excluding hydrogens is 160 g/mol. The van der Waals surface area contributed by atoms with Crippen molar-refractivity contribution in [2.45, 2.75) is 0 Å². The first kappa shape index (κ1) is 6.28. The Morgan fingerprint density at radius 1 is 0.667 bits per heavy atom. The molecule has 0 aliphatic carbocycles. The third-order valence-corrected chi connectivity index (χ3v) is 4.77. The molecule has 2 heterocycles. The normalized spacial score (nSPS) is 32.0. The molecule has 0 amide bonds. The molecule has 0 radical (unpaired) electrons. The van der Waals surface area contributed by atoms with E-state index in [0.29, 0.717) is 26.4 Å². The van der Waals surface area contributed by atoms with Crippen molar-refractivity contribution in [3.05, 3.63) is 0 Å². The molecule has 0 unspecified atom stereocenters. The van der Waals surface area contributed by atoms with Gasteiger partial charge in [0.15, 0.2) is 0 Å². The molecule has 2 aliphatic heterocycles. The summed E-state index contributed by atoms with van der Waals surface area (Å²) in [5, 5.41) is 0. The van der Waals surface area contributed by atoms with Crippen molar-refractivity contribution in [2.75, 3.05) is 26.4 Å². The van der Waals surface area contributed by atoms with E-state index in [0.717, 1.165) is 0 Å². The van der Waals surface area contributed by atoms with E-state index < -0.39 is 18.1 Å². The molecule has 2 fully saturated rings. The second kappa shape index (κ2) is 2.30. The van der Waals surface area contributed by atoms with E-state index in [1.165, 1.54) is 0 Å². The first-order chi connectivity index (χ1) is 4.41. The molecule has 9 heavy (non-hydrogen) atoms. The second-order valence-electron chi connectivity index (χ2n) is 1.89. The summed E-state index contributed by atoms with van der Waals surface area (Å²) in [6, 6.07) is 0. The molecular formula is C4H8O4Ti. The van der Waals surface area contributed by atoms with Crippen LogP contribution in [0.2, 0.25) is 0 Å². The van der Waals surface area contributed by atoms with E-state index in [2.05, 4.69) is 0 Å². The van der Waals surface area contributed by atoms with Crippen molar-refractivity contribution in [2.24, 2.45) is 0 Å². The van der Waals surface area contributed by atoms with Gasteiger partial charge in [0.05, 0.1) is 0 Å². The minimum atomic E-state index is -2.94. The van der Waals surface area contributed by atoms with Crippen LogP contribution in [0.3, 0.4) is 0 Å². The van der Waals surface area contributed by atoms with E-state index in [4.69, 9.17) is 13.3 Å². The van der Waals surface area contributed by atoms with Gasteiger partial charge < -0.3 is 0 Å². The van der Waals surface area contributed by atoms with E-state index in [-0.39, 0.29) is 0 Å². The molecule has 1 spiro atoms. The Morgan fingerprint density at radius 2 is 1.00 bits per heavy atom. The molecule has 4 nitrogen and oxygen atoms in total. The second-order valence-corrected chi connectivity index (χ2v) is 5.26. The SMILES string of the molecule is C1C[O][Ti]2([O]1)[O]CC[O]2. The van der Waals surface area contributed by atoms with Gasteiger partial charge in [-0.3, -0.25) is 0 Å². The Morgan fingerprint density at radius 3 is 1.33 bits per heavy atom. The monoisotopic (exact) mass is 168 g/mol. The molecule has 52 valence electrons. The van der Waals surface area contributed by atoms with Crippen LogP contribution in [0.1, 0.15) is 0 Å². The van der Waals surface area contributed by atoms with Gasteiger partial charge >= 0.3 is 57.8 Å².